The lowest BCUT2D eigenvalue weighted by Gasteiger charge is -2.10. The average molecular weight is 281 g/mol. The molecule has 2 rings (SSSR count). The van der Waals surface area contributed by atoms with Gasteiger partial charge in [0.2, 0.25) is 5.88 Å². The zero-order valence-electron chi connectivity index (χ0n) is 9.49. The van der Waals surface area contributed by atoms with Crippen LogP contribution in [0.4, 0.5) is 0 Å². The molecule has 0 fully saturated rings. The molecule has 3 nitrogen and oxygen atoms in total. The van der Waals surface area contributed by atoms with Crippen LogP contribution in [-0.4, -0.2) is 16.7 Å². The van der Waals surface area contributed by atoms with Crippen LogP contribution < -0.4 is 4.74 Å². The fourth-order valence-corrected chi connectivity index (χ4v) is 2.09. The average Bonchev–Trinajstić information content (AvgIpc) is 2.60. The predicted octanol–water partition coefficient (Wildman–Crippen LogP) is 3.26. The van der Waals surface area contributed by atoms with Crippen molar-refractivity contribution in [2.75, 3.05) is 7.11 Å². The second-order valence-electron chi connectivity index (χ2n) is 3.61. The van der Waals surface area contributed by atoms with E-state index in [1.54, 1.807) is 7.11 Å². The lowest BCUT2D eigenvalue weighted by molar-refractivity contribution is 0.394. The second-order valence-corrected chi connectivity index (χ2v) is 4.47. The molecule has 0 bridgehead atoms. The Morgan fingerprint density at radius 3 is 2.31 bits per heavy atom. The van der Waals surface area contributed by atoms with Gasteiger partial charge in [0, 0.05) is 11.4 Å². The zero-order valence-corrected chi connectivity index (χ0v) is 11.1. The maximum absolute atomic E-state index is 5.19. The molecule has 4 heteroatoms. The number of halogens is 1. The van der Waals surface area contributed by atoms with Crippen molar-refractivity contribution in [2.45, 2.75) is 13.8 Å². The molecule has 0 aliphatic heterocycles. The third-order valence-corrected chi connectivity index (χ3v) is 3.10. The molecule has 0 atom stereocenters. The molecule has 0 aliphatic carbocycles. The fourth-order valence-electron chi connectivity index (χ4n) is 1.71. The number of nitrogens with zero attached hydrogens (tertiary/aromatic N) is 2. The molecule has 0 aliphatic rings. The molecule has 0 saturated heterocycles. The number of ether oxygens (including phenoxy) is 1. The van der Waals surface area contributed by atoms with E-state index in [0.717, 1.165) is 21.7 Å². The number of rotatable bonds is 2. The van der Waals surface area contributed by atoms with Crippen molar-refractivity contribution in [3.8, 4) is 11.7 Å². The second kappa shape index (κ2) is 4.29. The van der Waals surface area contributed by atoms with Gasteiger partial charge in [0.1, 0.15) is 5.82 Å². The highest BCUT2D eigenvalue weighted by Crippen LogP contribution is 2.24. The first-order chi connectivity index (χ1) is 7.63. The highest BCUT2D eigenvalue weighted by Gasteiger charge is 2.08. The van der Waals surface area contributed by atoms with Crippen LogP contribution in [0.2, 0.25) is 0 Å². The quantitative estimate of drug-likeness (QED) is 0.844. The highest BCUT2D eigenvalue weighted by molar-refractivity contribution is 9.10. The molecule has 84 valence electrons. The molecule has 0 saturated carbocycles. The standard InChI is InChI=1S/C12H13BrN2O/c1-8-4-5-9(2)15(8)11-7-6-10(13)12(14-11)16-3/h4-7H,1-3H3. The predicted molar refractivity (Wildman–Crippen MR) is 67.3 cm³/mol. The van der Waals surface area contributed by atoms with E-state index in [2.05, 4.69) is 51.5 Å². The monoisotopic (exact) mass is 280 g/mol. The number of pyridine rings is 1. The van der Waals surface area contributed by atoms with Crippen LogP contribution in [0.15, 0.2) is 28.7 Å². The van der Waals surface area contributed by atoms with Gasteiger partial charge in [0.15, 0.2) is 0 Å². The normalized spacial score (nSPS) is 10.5. The third-order valence-electron chi connectivity index (χ3n) is 2.49. The van der Waals surface area contributed by atoms with Crippen LogP contribution in [0.5, 0.6) is 5.88 Å². The van der Waals surface area contributed by atoms with Crippen LogP contribution in [-0.2, 0) is 0 Å². The lowest BCUT2D eigenvalue weighted by Crippen LogP contribution is -2.02. The van der Waals surface area contributed by atoms with E-state index >= 15 is 0 Å². The van der Waals surface area contributed by atoms with E-state index in [9.17, 15) is 0 Å². The van der Waals surface area contributed by atoms with Gasteiger partial charge in [0.25, 0.3) is 0 Å². The fraction of sp³-hybridized carbons (Fsp3) is 0.250. The molecule has 0 unspecified atom stereocenters. The first-order valence-electron chi connectivity index (χ1n) is 4.99. The van der Waals surface area contributed by atoms with Crippen molar-refractivity contribution in [1.82, 2.24) is 9.55 Å². The van der Waals surface area contributed by atoms with E-state index in [1.165, 1.54) is 0 Å². The van der Waals surface area contributed by atoms with Crippen molar-refractivity contribution >= 4 is 15.9 Å². The summed E-state index contributed by atoms with van der Waals surface area (Å²) < 4.78 is 8.15. The molecule has 2 heterocycles. The summed E-state index contributed by atoms with van der Waals surface area (Å²) in [5.41, 5.74) is 2.32. The van der Waals surface area contributed by atoms with Gasteiger partial charge in [-0.3, -0.25) is 0 Å². The van der Waals surface area contributed by atoms with Crippen LogP contribution in [0.1, 0.15) is 11.4 Å². The van der Waals surface area contributed by atoms with Crippen LogP contribution >= 0.6 is 15.9 Å². The summed E-state index contributed by atoms with van der Waals surface area (Å²) in [4.78, 5) is 4.45. The minimum absolute atomic E-state index is 0.602. The summed E-state index contributed by atoms with van der Waals surface area (Å²) in [5, 5.41) is 0. The number of hydrogen-bond acceptors (Lipinski definition) is 2. The number of aryl methyl sites for hydroxylation is 2. The molecule has 0 N–H and O–H groups in total. The number of aromatic nitrogens is 2. The first kappa shape index (κ1) is 11.2. The Morgan fingerprint density at radius 1 is 1.12 bits per heavy atom. The van der Waals surface area contributed by atoms with Gasteiger partial charge < -0.3 is 9.30 Å². The molecular formula is C12H13BrN2O. The minimum atomic E-state index is 0.602. The molecule has 0 radical (unpaired) electrons. The topological polar surface area (TPSA) is 27.1 Å². The zero-order chi connectivity index (χ0) is 11.7. The van der Waals surface area contributed by atoms with E-state index in [0.29, 0.717) is 5.88 Å². The summed E-state index contributed by atoms with van der Waals surface area (Å²) >= 11 is 3.39. The smallest absolute Gasteiger partial charge is 0.229 e. The van der Waals surface area contributed by atoms with Gasteiger partial charge in [-0.15, -0.1) is 0 Å². The molecule has 16 heavy (non-hydrogen) atoms. The van der Waals surface area contributed by atoms with Crippen molar-refractivity contribution in [3.05, 3.63) is 40.1 Å². The molecule has 2 aromatic rings. The van der Waals surface area contributed by atoms with Crippen LogP contribution in [0.25, 0.3) is 5.82 Å². The molecule has 0 aromatic carbocycles. The van der Waals surface area contributed by atoms with E-state index < -0.39 is 0 Å². The maximum Gasteiger partial charge on any atom is 0.229 e. The summed E-state index contributed by atoms with van der Waals surface area (Å²) in [6, 6.07) is 8.06. The van der Waals surface area contributed by atoms with E-state index in [1.807, 2.05) is 12.1 Å². The van der Waals surface area contributed by atoms with Gasteiger partial charge in [-0.1, -0.05) is 0 Å². The Balaban J connectivity index is 2.57. The maximum atomic E-state index is 5.19. The van der Waals surface area contributed by atoms with Crippen molar-refractivity contribution in [3.63, 3.8) is 0 Å². The van der Waals surface area contributed by atoms with Gasteiger partial charge in [-0.25, -0.2) is 0 Å². The molecule has 0 amide bonds. The largest absolute Gasteiger partial charge is 0.480 e. The highest BCUT2D eigenvalue weighted by atomic mass is 79.9. The van der Waals surface area contributed by atoms with Crippen LogP contribution in [0, 0.1) is 13.8 Å². The van der Waals surface area contributed by atoms with Gasteiger partial charge in [-0.2, -0.15) is 4.98 Å². The summed E-state index contributed by atoms with van der Waals surface area (Å²) in [6.07, 6.45) is 0. The first-order valence-corrected chi connectivity index (χ1v) is 5.78. The van der Waals surface area contributed by atoms with Gasteiger partial charge in [-0.05, 0) is 54.0 Å². The number of methoxy groups -OCH3 is 1. The number of hydrogen-bond donors (Lipinski definition) is 0. The Labute approximate surface area is 103 Å². The Kier molecular flexibility index (Phi) is 3.01. The summed E-state index contributed by atoms with van der Waals surface area (Å²) in [7, 11) is 1.62. The van der Waals surface area contributed by atoms with E-state index in [-0.39, 0.29) is 0 Å². The Hall–Kier alpha value is -1.29. The molecule has 0 spiro atoms. The molecule has 2 aromatic heterocycles. The van der Waals surface area contributed by atoms with Gasteiger partial charge >= 0.3 is 0 Å². The van der Waals surface area contributed by atoms with Crippen LogP contribution in [0.3, 0.4) is 0 Å². The van der Waals surface area contributed by atoms with Gasteiger partial charge in [0.05, 0.1) is 11.6 Å². The lowest BCUT2D eigenvalue weighted by atomic mass is 10.4. The van der Waals surface area contributed by atoms with Crippen molar-refractivity contribution < 1.29 is 4.74 Å². The van der Waals surface area contributed by atoms with Crippen molar-refractivity contribution in [2.24, 2.45) is 0 Å². The molecular weight excluding hydrogens is 268 g/mol. The Morgan fingerprint density at radius 2 is 1.75 bits per heavy atom. The summed E-state index contributed by atoms with van der Waals surface area (Å²) in [6.45, 7) is 4.12. The Bertz CT molecular complexity index is 500. The third kappa shape index (κ3) is 1.85. The SMILES string of the molecule is COc1nc(-n2c(C)ccc2C)ccc1Br. The summed E-state index contributed by atoms with van der Waals surface area (Å²) in [5.74, 6) is 1.48. The minimum Gasteiger partial charge on any atom is -0.480 e. The van der Waals surface area contributed by atoms with E-state index in [4.69, 9.17) is 4.74 Å². The van der Waals surface area contributed by atoms with Crippen molar-refractivity contribution in [1.29, 1.82) is 0 Å².